The van der Waals surface area contributed by atoms with E-state index in [1.165, 1.54) is 6.42 Å². The number of anilines is 1. The molecule has 0 spiro atoms. The molecule has 0 bridgehead atoms. The van der Waals surface area contributed by atoms with E-state index >= 15 is 0 Å². The SMILES string of the molecule is CCC1CCCCN1C(=O)c1cnc(NC(C)(C)C)nc1. The van der Waals surface area contributed by atoms with Crippen LogP contribution in [0.5, 0.6) is 0 Å². The van der Waals surface area contributed by atoms with Gasteiger partial charge in [-0.25, -0.2) is 9.97 Å². The molecule has 2 rings (SSSR count). The Kier molecular flexibility index (Phi) is 4.80. The first-order chi connectivity index (χ1) is 9.90. The van der Waals surface area contributed by atoms with Crippen LogP contribution >= 0.6 is 0 Å². The zero-order valence-corrected chi connectivity index (χ0v) is 13.5. The van der Waals surface area contributed by atoms with Gasteiger partial charge in [0.05, 0.1) is 5.56 Å². The van der Waals surface area contributed by atoms with E-state index in [0.29, 0.717) is 17.6 Å². The lowest BCUT2D eigenvalue weighted by molar-refractivity contribution is 0.0607. The van der Waals surface area contributed by atoms with Crippen LogP contribution < -0.4 is 5.32 Å². The molecule has 1 aliphatic rings. The fourth-order valence-electron chi connectivity index (χ4n) is 2.70. The van der Waals surface area contributed by atoms with E-state index in [9.17, 15) is 4.79 Å². The maximum absolute atomic E-state index is 12.6. The second-order valence-electron chi connectivity index (χ2n) is 6.73. The summed E-state index contributed by atoms with van der Waals surface area (Å²) in [6, 6.07) is 0.360. The van der Waals surface area contributed by atoms with Crippen LogP contribution in [0.15, 0.2) is 12.4 Å². The number of hydrogen-bond donors (Lipinski definition) is 1. The van der Waals surface area contributed by atoms with Gasteiger partial charge < -0.3 is 10.2 Å². The van der Waals surface area contributed by atoms with Crippen molar-refractivity contribution in [3.05, 3.63) is 18.0 Å². The fraction of sp³-hybridized carbons (Fsp3) is 0.688. The molecule has 1 aliphatic heterocycles. The van der Waals surface area contributed by atoms with Crippen molar-refractivity contribution in [1.82, 2.24) is 14.9 Å². The first-order valence-corrected chi connectivity index (χ1v) is 7.82. The lowest BCUT2D eigenvalue weighted by Gasteiger charge is -2.35. The minimum absolute atomic E-state index is 0.0591. The van der Waals surface area contributed by atoms with Crippen LogP contribution in [0.3, 0.4) is 0 Å². The first kappa shape index (κ1) is 15.7. The van der Waals surface area contributed by atoms with Gasteiger partial charge in [0.15, 0.2) is 0 Å². The molecule has 1 amide bonds. The van der Waals surface area contributed by atoms with E-state index in [4.69, 9.17) is 0 Å². The van der Waals surface area contributed by atoms with Crippen LogP contribution in [0.1, 0.15) is 63.7 Å². The van der Waals surface area contributed by atoms with Crippen molar-refractivity contribution in [3.63, 3.8) is 0 Å². The number of nitrogens with zero attached hydrogens (tertiary/aromatic N) is 3. The van der Waals surface area contributed by atoms with E-state index in [2.05, 4.69) is 43.0 Å². The number of hydrogen-bond acceptors (Lipinski definition) is 4. The Bertz CT molecular complexity index is 478. The van der Waals surface area contributed by atoms with Gasteiger partial charge in [-0.05, 0) is 46.5 Å². The molecule has 1 atom stereocenters. The maximum Gasteiger partial charge on any atom is 0.257 e. The Labute approximate surface area is 127 Å². The molecule has 116 valence electrons. The number of rotatable bonds is 3. The van der Waals surface area contributed by atoms with Crippen molar-refractivity contribution < 1.29 is 4.79 Å². The molecule has 1 N–H and O–H groups in total. The molecule has 1 aromatic heterocycles. The van der Waals surface area contributed by atoms with Gasteiger partial charge in [-0.1, -0.05) is 6.92 Å². The van der Waals surface area contributed by atoms with Crippen molar-refractivity contribution in [2.45, 2.75) is 65.0 Å². The second-order valence-corrected chi connectivity index (χ2v) is 6.73. The minimum atomic E-state index is -0.0916. The van der Waals surface area contributed by atoms with Crippen LogP contribution in [0.4, 0.5) is 5.95 Å². The monoisotopic (exact) mass is 290 g/mol. The molecule has 0 saturated carbocycles. The molecule has 2 heterocycles. The molecule has 0 radical (unpaired) electrons. The first-order valence-electron chi connectivity index (χ1n) is 7.82. The van der Waals surface area contributed by atoms with Crippen molar-refractivity contribution >= 4 is 11.9 Å². The molecule has 5 heteroatoms. The maximum atomic E-state index is 12.6. The van der Waals surface area contributed by atoms with Gasteiger partial charge in [0.1, 0.15) is 0 Å². The molecule has 1 fully saturated rings. The van der Waals surface area contributed by atoms with Gasteiger partial charge in [0.2, 0.25) is 5.95 Å². The number of nitrogens with one attached hydrogen (secondary N) is 1. The van der Waals surface area contributed by atoms with Crippen LogP contribution in [-0.2, 0) is 0 Å². The van der Waals surface area contributed by atoms with Gasteiger partial charge in [-0.2, -0.15) is 0 Å². The summed E-state index contributed by atoms with van der Waals surface area (Å²) in [6.45, 7) is 9.14. The molecule has 0 aromatic carbocycles. The average Bonchev–Trinajstić information content (AvgIpc) is 2.45. The lowest BCUT2D eigenvalue weighted by atomic mass is 9.99. The van der Waals surface area contributed by atoms with E-state index in [-0.39, 0.29) is 11.4 Å². The molecule has 1 unspecified atom stereocenters. The van der Waals surface area contributed by atoms with Crippen LogP contribution in [0.2, 0.25) is 0 Å². The standard InChI is InChI=1S/C16H26N4O/c1-5-13-8-6-7-9-20(13)14(21)12-10-17-15(18-11-12)19-16(2,3)4/h10-11,13H,5-9H2,1-4H3,(H,17,18,19). The molecule has 1 saturated heterocycles. The summed E-state index contributed by atoms with van der Waals surface area (Å²) >= 11 is 0. The summed E-state index contributed by atoms with van der Waals surface area (Å²) in [5.74, 6) is 0.619. The van der Waals surface area contributed by atoms with E-state index in [1.807, 2.05) is 4.90 Å². The smallest absolute Gasteiger partial charge is 0.257 e. The highest BCUT2D eigenvalue weighted by molar-refractivity contribution is 5.94. The fourth-order valence-corrected chi connectivity index (χ4v) is 2.70. The number of piperidine rings is 1. The predicted octanol–water partition coefficient (Wildman–Crippen LogP) is 3.09. The number of likely N-dealkylation sites (tertiary alicyclic amines) is 1. The van der Waals surface area contributed by atoms with Crippen LogP contribution in [0, 0.1) is 0 Å². The summed E-state index contributed by atoms with van der Waals surface area (Å²) in [4.78, 5) is 23.1. The van der Waals surface area contributed by atoms with Gasteiger partial charge in [-0.15, -0.1) is 0 Å². The Hall–Kier alpha value is -1.65. The molecule has 21 heavy (non-hydrogen) atoms. The zero-order chi connectivity index (χ0) is 15.5. The third-order valence-electron chi connectivity index (χ3n) is 3.74. The molecule has 1 aromatic rings. The number of carbonyl (C=O) groups excluding carboxylic acids is 1. The molecule has 0 aliphatic carbocycles. The van der Waals surface area contributed by atoms with E-state index in [1.54, 1.807) is 12.4 Å². The normalized spacial score (nSPS) is 19.4. The predicted molar refractivity (Wildman–Crippen MR) is 84.4 cm³/mol. The summed E-state index contributed by atoms with van der Waals surface area (Å²) in [5.41, 5.74) is 0.487. The second kappa shape index (κ2) is 6.41. The van der Waals surface area contributed by atoms with Crippen LogP contribution in [-0.4, -0.2) is 38.9 Å². The third-order valence-corrected chi connectivity index (χ3v) is 3.74. The topological polar surface area (TPSA) is 58.1 Å². The Morgan fingerprint density at radius 2 is 2.00 bits per heavy atom. The summed E-state index contributed by atoms with van der Waals surface area (Å²) in [6.07, 6.45) is 7.68. The van der Waals surface area contributed by atoms with Crippen molar-refractivity contribution in [2.24, 2.45) is 0 Å². The average molecular weight is 290 g/mol. The molecule has 5 nitrogen and oxygen atoms in total. The Balaban J connectivity index is 2.08. The number of aromatic nitrogens is 2. The molecular formula is C16H26N4O. The van der Waals surface area contributed by atoms with Crippen molar-refractivity contribution in [3.8, 4) is 0 Å². The highest BCUT2D eigenvalue weighted by Gasteiger charge is 2.26. The molecular weight excluding hydrogens is 264 g/mol. The summed E-state index contributed by atoms with van der Waals surface area (Å²) < 4.78 is 0. The van der Waals surface area contributed by atoms with Crippen molar-refractivity contribution in [2.75, 3.05) is 11.9 Å². The van der Waals surface area contributed by atoms with E-state index < -0.39 is 0 Å². The number of carbonyl (C=O) groups is 1. The van der Waals surface area contributed by atoms with Gasteiger partial charge in [0.25, 0.3) is 5.91 Å². The van der Waals surface area contributed by atoms with Gasteiger partial charge >= 0.3 is 0 Å². The Morgan fingerprint density at radius 1 is 1.33 bits per heavy atom. The van der Waals surface area contributed by atoms with Gasteiger partial charge in [0, 0.05) is 30.5 Å². The largest absolute Gasteiger partial charge is 0.350 e. The zero-order valence-electron chi connectivity index (χ0n) is 13.5. The quantitative estimate of drug-likeness (QED) is 0.929. The van der Waals surface area contributed by atoms with Crippen LogP contribution in [0.25, 0.3) is 0 Å². The van der Waals surface area contributed by atoms with Crippen molar-refractivity contribution in [1.29, 1.82) is 0 Å². The number of amides is 1. The summed E-state index contributed by atoms with van der Waals surface area (Å²) in [5, 5.41) is 3.20. The lowest BCUT2D eigenvalue weighted by Crippen LogP contribution is -2.43. The summed E-state index contributed by atoms with van der Waals surface area (Å²) in [7, 11) is 0. The minimum Gasteiger partial charge on any atom is -0.350 e. The van der Waals surface area contributed by atoms with E-state index in [0.717, 1.165) is 25.8 Å². The third kappa shape index (κ3) is 4.16. The highest BCUT2D eigenvalue weighted by Crippen LogP contribution is 2.21. The van der Waals surface area contributed by atoms with Gasteiger partial charge in [-0.3, -0.25) is 4.79 Å². The highest BCUT2D eigenvalue weighted by atomic mass is 16.2. The Morgan fingerprint density at radius 3 is 2.57 bits per heavy atom.